The summed E-state index contributed by atoms with van der Waals surface area (Å²) in [6, 6.07) is 81.7. The molecular weight excluding hydrogens is 685 g/mol. The molecular formula is C57H36. The maximum absolute atomic E-state index is 2.54. The lowest BCUT2D eigenvalue weighted by Crippen LogP contribution is -2.28. The summed E-state index contributed by atoms with van der Waals surface area (Å²) in [5.41, 5.74) is 12.2. The third-order valence-electron chi connectivity index (χ3n) is 12.7. The maximum Gasteiger partial charge on any atom is 0.0714 e. The molecule has 0 heteroatoms. The van der Waals surface area contributed by atoms with Gasteiger partial charge in [0, 0.05) is 0 Å². The van der Waals surface area contributed by atoms with Gasteiger partial charge in [0.05, 0.1) is 5.41 Å². The van der Waals surface area contributed by atoms with Crippen LogP contribution in [0, 0.1) is 0 Å². The van der Waals surface area contributed by atoms with Crippen molar-refractivity contribution in [1.29, 1.82) is 0 Å². The Morgan fingerprint density at radius 3 is 1.49 bits per heavy atom. The van der Waals surface area contributed by atoms with Gasteiger partial charge in [-0.3, -0.25) is 0 Å². The van der Waals surface area contributed by atoms with Crippen molar-refractivity contribution in [2.75, 3.05) is 0 Å². The van der Waals surface area contributed by atoms with Crippen molar-refractivity contribution in [3.63, 3.8) is 0 Å². The number of hydrogen-bond donors (Lipinski definition) is 0. The first-order chi connectivity index (χ1) is 28.3. The van der Waals surface area contributed by atoms with Crippen LogP contribution in [-0.4, -0.2) is 0 Å². The van der Waals surface area contributed by atoms with Crippen molar-refractivity contribution in [3.05, 3.63) is 241 Å². The van der Waals surface area contributed by atoms with Crippen molar-refractivity contribution in [3.8, 4) is 33.4 Å². The van der Waals surface area contributed by atoms with E-state index in [2.05, 4.69) is 218 Å². The van der Waals surface area contributed by atoms with Crippen LogP contribution in [0.2, 0.25) is 0 Å². The lowest BCUT2D eigenvalue weighted by atomic mass is 9.67. The van der Waals surface area contributed by atoms with E-state index >= 15 is 0 Å². The Balaban J connectivity index is 1.27. The fourth-order valence-corrected chi connectivity index (χ4v) is 10.3. The second-order valence-corrected chi connectivity index (χ2v) is 15.5. The van der Waals surface area contributed by atoms with Gasteiger partial charge in [-0.2, -0.15) is 0 Å². The van der Waals surface area contributed by atoms with Gasteiger partial charge in [0.25, 0.3) is 0 Å². The van der Waals surface area contributed by atoms with Gasteiger partial charge >= 0.3 is 0 Å². The highest BCUT2D eigenvalue weighted by atomic mass is 14.5. The molecule has 264 valence electrons. The Hall–Kier alpha value is -7.28. The molecule has 0 amide bonds. The molecule has 0 heterocycles. The quantitative estimate of drug-likeness (QED) is 0.125. The zero-order chi connectivity index (χ0) is 37.5. The van der Waals surface area contributed by atoms with Crippen LogP contribution in [0.3, 0.4) is 0 Å². The molecule has 1 aliphatic carbocycles. The number of hydrogen-bond acceptors (Lipinski definition) is 0. The van der Waals surface area contributed by atoms with E-state index in [1.165, 1.54) is 109 Å². The molecule has 12 rings (SSSR count). The molecule has 57 heavy (non-hydrogen) atoms. The summed E-state index contributed by atoms with van der Waals surface area (Å²) in [6.45, 7) is 0. The minimum absolute atomic E-state index is 0.584. The van der Waals surface area contributed by atoms with E-state index in [1.807, 2.05) is 0 Å². The lowest BCUT2D eigenvalue weighted by Gasteiger charge is -2.34. The number of fused-ring (bicyclic) bond motifs is 9. The Labute approximate surface area is 331 Å². The van der Waals surface area contributed by atoms with E-state index in [-0.39, 0.29) is 0 Å². The number of rotatable bonds is 4. The van der Waals surface area contributed by atoms with Crippen LogP contribution in [0.25, 0.3) is 87.2 Å². The van der Waals surface area contributed by atoms with E-state index in [0.717, 1.165) is 0 Å². The molecule has 0 unspecified atom stereocenters. The summed E-state index contributed by atoms with van der Waals surface area (Å²) in [5.74, 6) is 0. The van der Waals surface area contributed by atoms with Crippen LogP contribution in [0.15, 0.2) is 218 Å². The molecule has 0 radical (unpaired) electrons. The Kier molecular flexibility index (Phi) is 6.94. The zero-order valence-corrected chi connectivity index (χ0v) is 31.3. The summed E-state index contributed by atoms with van der Waals surface area (Å²) in [4.78, 5) is 0. The first-order valence-corrected chi connectivity index (χ1v) is 19.9. The first-order valence-electron chi connectivity index (χ1n) is 19.9. The Bertz CT molecular complexity index is 3350. The standard InChI is InChI=1S/C57H36/c1-3-21-42(22-4-1)57(43-23-5-2-6-24-43)52-36-41(54-46-27-13-9-18-39(46)34-51-45-26-12-8-17-38(45)30-32-49(51)54)31-33-50(52)56-53(57)35-40-19-10-14-28-47(40)55(56)48-29-15-20-37-16-7-11-25-44(37)48/h1-36H. The van der Waals surface area contributed by atoms with Gasteiger partial charge in [-0.1, -0.05) is 200 Å². The van der Waals surface area contributed by atoms with Crippen LogP contribution in [-0.2, 0) is 5.41 Å². The van der Waals surface area contributed by atoms with Crippen LogP contribution < -0.4 is 0 Å². The van der Waals surface area contributed by atoms with Gasteiger partial charge in [-0.25, -0.2) is 0 Å². The normalized spacial score (nSPS) is 13.1. The van der Waals surface area contributed by atoms with Gasteiger partial charge in [0.1, 0.15) is 0 Å². The first kappa shape index (κ1) is 32.0. The van der Waals surface area contributed by atoms with Gasteiger partial charge in [0.2, 0.25) is 0 Å². The van der Waals surface area contributed by atoms with E-state index in [4.69, 9.17) is 0 Å². The topological polar surface area (TPSA) is 0 Å². The average molecular weight is 721 g/mol. The molecule has 11 aromatic carbocycles. The molecule has 0 aliphatic heterocycles. The molecule has 0 bridgehead atoms. The molecule has 0 spiro atoms. The minimum Gasteiger partial charge on any atom is -0.0622 e. The number of benzene rings is 11. The van der Waals surface area contributed by atoms with Crippen LogP contribution in [0.1, 0.15) is 22.3 Å². The monoisotopic (exact) mass is 720 g/mol. The van der Waals surface area contributed by atoms with Gasteiger partial charge in [-0.15, -0.1) is 0 Å². The fourth-order valence-electron chi connectivity index (χ4n) is 10.3. The Morgan fingerprint density at radius 1 is 0.246 bits per heavy atom. The fraction of sp³-hybridized carbons (Fsp3) is 0.0175. The average Bonchev–Trinajstić information content (AvgIpc) is 3.57. The van der Waals surface area contributed by atoms with Gasteiger partial charge < -0.3 is 0 Å². The maximum atomic E-state index is 2.54. The second-order valence-electron chi connectivity index (χ2n) is 15.5. The highest BCUT2D eigenvalue weighted by Gasteiger charge is 2.47. The molecule has 11 aromatic rings. The van der Waals surface area contributed by atoms with E-state index in [1.54, 1.807) is 0 Å². The summed E-state index contributed by atoms with van der Waals surface area (Å²) in [5, 5.41) is 12.6. The smallest absolute Gasteiger partial charge is 0.0622 e. The van der Waals surface area contributed by atoms with Crippen LogP contribution in [0.4, 0.5) is 0 Å². The molecule has 0 atom stereocenters. The minimum atomic E-state index is -0.584. The molecule has 0 N–H and O–H groups in total. The van der Waals surface area contributed by atoms with Crippen LogP contribution in [0.5, 0.6) is 0 Å². The third kappa shape index (κ3) is 4.56. The SMILES string of the molecule is c1ccc(C2(c3ccccc3)c3cc(-c4c5ccccc5cc5c4ccc4ccccc45)ccc3-c3c2cc2ccccc2c3-c2cccc3ccccc23)cc1. The van der Waals surface area contributed by atoms with E-state index < -0.39 is 5.41 Å². The molecule has 0 saturated carbocycles. The van der Waals surface area contributed by atoms with Crippen molar-refractivity contribution >= 4 is 53.9 Å². The van der Waals surface area contributed by atoms with Gasteiger partial charge in [0.15, 0.2) is 0 Å². The molecule has 0 saturated heterocycles. The predicted molar refractivity (Wildman–Crippen MR) is 242 cm³/mol. The van der Waals surface area contributed by atoms with Crippen LogP contribution >= 0.6 is 0 Å². The third-order valence-corrected chi connectivity index (χ3v) is 12.7. The van der Waals surface area contributed by atoms with E-state index in [0.29, 0.717) is 0 Å². The predicted octanol–water partition coefficient (Wildman–Crippen LogP) is 15.1. The van der Waals surface area contributed by atoms with Gasteiger partial charge in [-0.05, 0) is 128 Å². The molecule has 0 nitrogen and oxygen atoms in total. The zero-order valence-electron chi connectivity index (χ0n) is 31.3. The summed E-state index contributed by atoms with van der Waals surface area (Å²) >= 11 is 0. The van der Waals surface area contributed by atoms with Crippen molar-refractivity contribution < 1.29 is 0 Å². The highest BCUT2D eigenvalue weighted by molar-refractivity contribution is 6.20. The van der Waals surface area contributed by atoms with Crippen molar-refractivity contribution in [1.82, 2.24) is 0 Å². The molecule has 0 aromatic heterocycles. The lowest BCUT2D eigenvalue weighted by molar-refractivity contribution is 0.770. The van der Waals surface area contributed by atoms with Crippen molar-refractivity contribution in [2.24, 2.45) is 0 Å². The Morgan fingerprint density at radius 2 is 0.789 bits per heavy atom. The largest absolute Gasteiger partial charge is 0.0714 e. The summed E-state index contributed by atoms with van der Waals surface area (Å²) < 4.78 is 0. The molecule has 1 aliphatic rings. The highest BCUT2D eigenvalue weighted by Crippen LogP contribution is 2.61. The van der Waals surface area contributed by atoms with Crippen molar-refractivity contribution in [2.45, 2.75) is 5.41 Å². The van der Waals surface area contributed by atoms with E-state index in [9.17, 15) is 0 Å². The molecule has 0 fully saturated rings. The second kappa shape index (κ2) is 12.4. The summed E-state index contributed by atoms with van der Waals surface area (Å²) in [6.07, 6.45) is 0. The summed E-state index contributed by atoms with van der Waals surface area (Å²) in [7, 11) is 0.